The molecule has 118 valence electrons. The Kier molecular flexibility index (Phi) is 5.69. The molecule has 0 saturated carbocycles. The summed E-state index contributed by atoms with van der Waals surface area (Å²) >= 11 is 3.68. The first-order valence-corrected chi connectivity index (χ1v) is 8.51. The van der Waals surface area contributed by atoms with Crippen LogP contribution in [0.1, 0.15) is 49.4 Å². The van der Waals surface area contributed by atoms with E-state index in [4.69, 9.17) is 9.47 Å². The van der Waals surface area contributed by atoms with Gasteiger partial charge in [0.2, 0.25) is 0 Å². The monoisotopic (exact) mass is 355 g/mol. The Balaban J connectivity index is 2.48. The van der Waals surface area contributed by atoms with Gasteiger partial charge in [-0.2, -0.15) is 0 Å². The average molecular weight is 356 g/mol. The lowest BCUT2D eigenvalue weighted by Crippen LogP contribution is -2.33. The van der Waals surface area contributed by atoms with Crippen molar-refractivity contribution >= 4 is 15.9 Å². The summed E-state index contributed by atoms with van der Waals surface area (Å²) in [5.41, 5.74) is 3.61. The summed E-state index contributed by atoms with van der Waals surface area (Å²) in [6, 6.07) is 2.30. The van der Waals surface area contributed by atoms with Gasteiger partial charge < -0.3 is 14.8 Å². The van der Waals surface area contributed by atoms with Gasteiger partial charge in [0.1, 0.15) is 5.75 Å². The van der Waals surface area contributed by atoms with Gasteiger partial charge in [-0.3, -0.25) is 0 Å². The molecule has 4 heteroatoms. The van der Waals surface area contributed by atoms with E-state index in [-0.39, 0.29) is 12.1 Å². The van der Waals surface area contributed by atoms with Crippen molar-refractivity contribution < 1.29 is 9.47 Å². The standard InChI is InChI=1S/C17H26BrNO2/c1-6-19-16(14-8-7-11(3)21-14)15-12(4)13(18)9-10(2)17(15)20-5/h9,11,14,16,19H,6-8H2,1-5H3. The molecule has 1 aromatic rings. The highest BCUT2D eigenvalue weighted by atomic mass is 79.9. The summed E-state index contributed by atoms with van der Waals surface area (Å²) in [5.74, 6) is 0.977. The van der Waals surface area contributed by atoms with Crippen molar-refractivity contribution in [1.29, 1.82) is 0 Å². The molecular weight excluding hydrogens is 330 g/mol. The van der Waals surface area contributed by atoms with Gasteiger partial charge in [0.05, 0.1) is 25.4 Å². The molecule has 0 bridgehead atoms. The fourth-order valence-corrected chi connectivity index (χ4v) is 3.80. The van der Waals surface area contributed by atoms with Crippen molar-refractivity contribution in [3.05, 3.63) is 27.2 Å². The number of halogens is 1. The summed E-state index contributed by atoms with van der Waals surface area (Å²) in [7, 11) is 1.75. The van der Waals surface area contributed by atoms with Gasteiger partial charge in [0, 0.05) is 10.0 Å². The van der Waals surface area contributed by atoms with Gasteiger partial charge in [-0.25, -0.2) is 0 Å². The van der Waals surface area contributed by atoms with Crippen molar-refractivity contribution in [2.45, 2.75) is 58.8 Å². The van der Waals surface area contributed by atoms with Crippen LogP contribution < -0.4 is 10.1 Å². The van der Waals surface area contributed by atoms with E-state index in [9.17, 15) is 0 Å². The van der Waals surface area contributed by atoms with Crippen LogP contribution in [-0.4, -0.2) is 25.9 Å². The van der Waals surface area contributed by atoms with E-state index in [1.807, 2.05) is 0 Å². The van der Waals surface area contributed by atoms with Crippen molar-refractivity contribution in [3.8, 4) is 5.75 Å². The molecule has 1 aliphatic rings. The predicted molar refractivity (Wildman–Crippen MR) is 90.2 cm³/mol. The first-order chi connectivity index (χ1) is 9.99. The van der Waals surface area contributed by atoms with E-state index >= 15 is 0 Å². The van der Waals surface area contributed by atoms with E-state index < -0.39 is 0 Å². The molecule has 1 fully saturated rings. The lowest BCUT2D eigenvalue weighted by atomic mass is 9.92. The molecule has 1 saturated heterocycles. The fraction of sp³-hybridized carbons (Fsp3) is 0.647. The third-order valence-electron chi connectivity index (χ3n) is 4.28. The van der Waals surface area contributed by atoms with Crippen molar-refractivity contribution in [2.24, 2.45) is 0 Å². The first kappa shape index (κ1) is 16.8. The van der Waals surface area contributed by atoms with E-state index in [1.165, 1.54) is 11.1 Å². The number of likely N-dealkylation sites (N-methyl/N-ethyl adjacent to an activating group) is 1. The maximum absolute atomic E-state index is 6.13. The highest BCUT2D eigenvalue weighted by molar-refractivity contribution is 9.10. The van der Waals surface area contributed by atoms with Crippen LogP contribution >= 0.6 is 15.9 Å². The molecule has 0 aliphatic carbocycles. The molecule has 2 rings (SSSR count). The smallest absolute Gasteiger partial charge is 0.126 e. The molecule has 1 aromatic carbocycles. The second kappa shape index (κ2) is 7.12. The quantitative estimate of drug-likeness (QED) is 0.854. The number of methoxy groups -OCH3 is 1. The number of aryl methyl sites for hydroxylation is 1. The molecule has 0 radical (unpaired) electrons. The number of benzene rings is 1. The van der Waals surface area contributed by atoms with Gasteiger partial charge in [0.25, 0.3) is 0 Å². The fourth-order valence-electron chi connectivity index (χ4n) is 3.24. The zero-order valence-electron chi connectivity index (χ0n) is 13.6. The number of hydrogen-bond donors (Lipinski definition) is 1. The van der Waals surface area contributed by atoms with Crippen molar-refractivity contribution in [1.82, 2.24) is 5.32 Å². The van der Waals surface area contributed by atoms with Gasteiger partial charge in [-0.15, -0.1) is 0 Å². The largest absolute Gasteiger partial charge is 0.496 e. The van der Waals surface area contributed by atoms with Crippen molar-refractivity contribution in [3.63, 3.8) is 0 Å². The zero-order chi connectivity index (χ0) is 15.6. The van der Waals surface area contributed by atoms with Crippen LogP contribution in [0.15, 0.2) is 10.5 Å². The Morgan fingerprint density at radius 3 is 2.67 bits per heavy atom. The highest BCUT2D eigenvalue weighted by Gasteiger charge is 2.33. The first-order valence-electron chi connectivity index (χ1n) is 7.72. The average Bonchev–Trinajstić information content (AvgIpc) is 2.87. The molecular formula is C17H26BrNO2. The lowest BCUT2D eigenvalue weighted by Gasteiger charge is -2.29. The maximum Gasteiger partial charge on any atom is 0.126 e. The van der Waals surface area contributed by atoms with Crippen LogP contribution in [0.25, 0.3) is 0 Å². The summed E-state index contributed by atoms with van der Waals surface area (Å²) in [6.07, 6.45) is 2.77. The number of hydrogen-bond acceptors (Lipinski definition) is 3. The number of ether oxygens (including phenoxy) is 2. The molecule has 3 atom stereocenters. The van der Waals surface area contributed by atoms with Crippen LogP contribution in [0.3, 0.4) is 0 Å². The molecule has 0 amide bonds. The Bertz CT molecular complexity index is 504. The third-order valence-corrected chi connectivity index (χ3v) is 5.11. The normalized spacial score (nSPS) is 23.3. The second-order valence-corrected chi connectivity index (χ2v) is 6.70. The van der Waals surface area contributed by atoms with Crippen LogP contribution in [-0.2, 0) is 4.74 Å². The molecule has 0 aromatic heterocycles. The lowest BCUT2D eigenvalue weighted by molar-refractivity contribution is 0.0312. The Morgan fingerprint density at radius 2 is 2.14 bits per heavy atom. The van der Waals surface area contributed by atoms with E-state index in [1.54, 1.807) is 7.11 Å². The summed E-state index contributed by atoms with van der Waals surface area (Å²) in [5, 5.41) is 3.61. The SMILES string of the molecule is CCNC(c1c(C)c(Br)cc(C)c1OC)C1CCC(C)O1. The van der Waals surface area contributed by atoms with Crippen LogP contribution in [0.2, 0.25) is 0 Å². The van der Waals surface area contributed by atoms with E-state index in [2.05, 4.69) is 55.0 Å². The molecule has 1 heterocycles. The minimum absolute atomic E-state index is 0.172. The Labute approximate surface area is 136 Å². The summed E-state index contributed by atoms with van der Waals surface area (Å²) in [4.78, 5) is 0. The number of nitrogens with one attached hydrogen (secondary N) is 1. The van der Waals surface area contributed by atoms with Gasteiger partial charge in [-0.05, 0) is 57.4 Å². The molecule has 21 heavy (non-hydrogen) atoms. The Hall–Kier alpha value is -0.580. The second-order valence-electron chi connectivity index (χ2n) is 5.85. The van der Waals surface area contributed by atoms with Crippen LogP contribution in [0, 0.1) is 13.8 Å². The van der Waals surface area contributed by atoms with Gasteiger partial charge >= 0.3 is 0 Å². The minimum Gasteiger partial charge on any atom is -0.496 e. The molecule has 1 N–H and O–H groups in total. The molecule has 0 spiro atoms. The van der Waals surface area contributed by atoms with Gasteiger partial charge in [0.15, 0.2) is 0 Å². The molecule has 3 unspecified atom stereocenters. The zero-order valence-corrected chi connectivity index (χ0v) is 15.2. The summed E-state index contributed by atoms with van der Waals surface area (Å²) < 4.78 is 13.0. The highest BCUT2D eigenvalue weighted by Crippen LogP contribution is 2.40. The van der Waals surface area contributed by atoms with Crippen molar-refractivity contribution in [2.75, 3.05) is 13.7 Å². The Morgan fingerprint density at radius 1 is 1.43 bits per heavy atom. The summed E-state index contributed by atoms with van der Waals surface area (Å²) in [6.45, 7) is 9.43. The van der Waals surface area contributed by atoms with E-state index in [0.29, 0.717) is 6.10 Å². The maximum atomic E-state index is 6.13. The minimum atomic E-state index is 0.172. The van der Waals surface area contributed by atoms with Crippen LogP contribution in [0.5, 0.6) is 5.75 Å². The third kappa shape index (κ3) is 3.43. The number of rotatable bonds is 5. The molecule has 1 aliphatic heterocycles. The van der Waals surface area contributed by atoms with E-state index in [0.717, 1.165) is 35.2 Å². The predicted octanol–water partition coefficient (Wildman–Crippen LogP) is 4.29. The van der Waals surface area contributed by atoms with Crippen LogP contribution in [0.4, 0.5) is 0 Å². The van der Waals surface area contributed by atoms with Gasteiger partial charge in [-0.1, -0.05) is 22.9 Å². The molecule has 3 nitrogen and oxygen atoms in total. The topological polar surface area (TPSA) is 30.5 Å².